The van der Waals surface area contributed by atoms with Crippen LogP contribution < -0.4 is 5.32 Å². The number of nitrogens with zero attached hydrogens (tertiary/aromatic N) is 1. The van der Waals surface area contributed by atoms with Crippen molar-refractivity contribution in [2.45, 2.75) is 25.9 Å². The molecule has 0 aliphatic heterocycles. The van der Waals surface area contributed by atoms with Crippen LogP contribution >= 0.6 is 23.2 Å². The summed E-state index contributed by atoms with van der Waals surface area (Å²) in [5, 5.41) is 4.70. The maximum Gasteiger partial charge on any atom is 0.0595 e. The van der Waals surface area contributed by atoms with E-state index in [0.717, 1.165) is 18.5 Å². The summed E-state index contributed by atoms with van der Waals surface area (Å²) in [4.78, 5) is 4.11. The largest absolute Gasteiger partial charge is 0.306 e. The molecule has 2 aromatic rings. The molecule has 0 bridgehead atoms. The van der Waals surface area contributed by atoms with Crippen LogP contribution in [0.4, 0.5) is 0 Å². The van der Waals surface area contributed by atoms with E-state index in [-0.39, 0.29) is 6.04 Å². The molecule has 1 aromatic heterocycles. The van der Waals surface area contributed by atoms with Gasteiger partial charge in [0.25, 0.3) is 0 Å². The Morgan fingerprint density at radius 1 is 1.21 bits per heavy atom. The maximum absolute atomic E-state index is 6.06. The monoisotopic (exact) mass is 294 g/mol. The van der Waals surface area contributed by atoms with Gasteiger partial charge in [0.1, 0.15) is 0 Å². The first-order valence-electron chi connectivity index (χ1n) is 6.28. The fraction of sp³-hybridized carbons (Fsp3) is 0.267. The second kappa shape index (κ2) is 6.90. The van der Waals surface area contributed by atoms with E-state index >= 15 is 0 Å². The number of aromatic nitrogens is 1. The van der Waals surface area contributed by atoms with E-state index in [1.165, 1.54) is 5.56 Å². The summed E-state index contributed by atoms with van der Waals surface area (Å²) in [6.07, 6.45) is 4.63. The van der Waals surface area contributed by atoms with Gasteiger partial charge in [0.15, 0.2) is 0 Å². The van der Waals surface area contributed by atoms with Crippen LogP contribution in [-0.4, -0.2) is 4.98 Å². The molecule has 0 saturated carbocycles. The third kappa shape index (κ3) is 3.93. The molecule has 0 radical (unpaired) electrons. The molecule has 0 aliphatic carbocycles. The topological polar surface area (TPSA) is 24.9 Å². The number of benzene rings is 1. The Labute approximate surface area is 123 Å². The van der Waals surface area contributed by atoms with Gasteiger partial charge >= 0.3 is 0 Å². The van der Waals surface area contributed by atoms with E-state index in [0.29, 0.717) is 10.0 Å². The van der Waals surface area contributed by atoms with Crippen LogP contribution in [0.25, 0.3) is 0 Å². The Hall–Kier alpha value is -1.09. The second-order valence-electron chi connectivity index (χ2n) is 4.38. The number of nitrogens with one attached hydrogen (secondary N) is 1. The van der Waals surface area contributed by atoms with Gasteiger partial charge in [0.05, 0.1) is 10.0 Å². The molecule has 19 heavy (non-hydrogen) atoms. The average Bonchev–Trinajstić information content (AvgIpc) is 2.44. The summed E-state index contributed by atoms with van der Waals surface area (Å²) in [6.45, 7) is 2.93. The highest BCUT2D eigenvalue weighted by atomic mass is 35.5. The standard InChI is InChI=1S/C15H16Cl2N2/c1-2-15(12-5-6-13(16)14(17)8-12)19-10-11-4-3-7-18-9-11/h3-9,15,19H,2,10H2,1H3. The Kier molecular flexibility index (Phi) is 5.20. The zero-order valence-electron chi connectivity index (χ0n) is 10.7. The van der Waals surface area contributed by atoms with Crippen molar-refractivity contribution in [2.24, 2.45) is 0 Å². The summed E-state index contributed by atoms with van der Waals surface area (Å²) in [5.74, 6) is 0. The molecule has 2 rings (SSSR count). The lowest BCUT2D eigenvalue weighted by Gasteiger charge is -2.18. The number of pyridine rings is 1. The van der Waals surface area contributed by atoms with E-state index in [1.807, 2.05) is 30.5 Å². The molecule has 1 heterocycles. The van der Waals surface area contributed by atoms with Crippen molar-refractivity contribution in [2.75, 3.05) is 0 Å². The van der Waals surface area contributed by atoms with Crippen LogP contribution in [0, 0.1) is 0 Å². The Morgan fingerprint density at radius 2 is 2.05 bits per heavy atom. The Morgan fingerprint density at radius 3 is 2.68 bits per heavy atom. The smallest absolute Gasteiger partial charge is 0.0595 e. The second-order valence-corrected chi connectivity index (χ2v) is 5.19. The van der Waals surface area contributed by atoms with Crippen LogP contribution in [-0.2, 0) is 6.54 Å². The molecule has 1 atom stereocenters. The molecular weight excluding hydrogens is 279 g/mol. The van der Waals surface area contributed by atoms with Crippen molar-refractivity contribution < 1.29 is 0 Å². The first-order chi connectivity index (χ1) is 9.20. The molecule has 0 aliphatic rings. The van der Waals surface area contributed by atoms with Crippen LogP contribution in [0.1, 0.15) is 30.5 Å². The van der Waals surface area contributed by atoms with Gasteiger partial charge in [-0.05, 0) is 35.7 Å². The summed E-state index contributed by atoms with van der Waals surface area (Å²) >= 11 is 12.0. The van der Waals surface area contributed by atoms with Gasteiger partial charge in [-0.3, -0.25) is 4.98 Å². The lowest BCUT2D eigenvalue weighted by Crippen LogP contribution is -2.20. The minimum atomic E-state index is 0.259. The summed E-state index contributed by atoms with van der Waals surface area (Å²) < 4.78 is 0. The van der Waals surface area contributed by atoms with Gasteiger partial charge in [0.2, 0.25) is 0 Å². The fourth-order valence-electron chi connectivity index (χ4n) is 1.97. The molecule has 0 fully saturated rings. The molecular formula is C15H16Cl2N2. The lowest BCUT2D eigenvalue weighted by atomic mass is 10.0. The first kappa shape index (κ1) is 14.3. The van der Waals surface area contributed by atoms with Crippen molar-refractivity contribution in [1.82, 2.24) is 10.3 Å². The van der Waals surface area contributed by atoms with Crippen LogP contribution in [0.3, 0.4) is 0 Å². The van der Waals surface area contributed by atoms with Gasteiger partial charge in [-0.2, -0.15) is 0 Å². The minimum absolute atomic E-state index is 0.259. The van der Waals surface area contributed by atoms with E-state index in [1.54, 1.807) is 6.20 Å². The predicted molar refractivity (Wildman–Crippen MR) is 80.6 cm³/mol. The Bertz CT molecular complexity index is 529. The fourth-order valence-corrected chi connectivity index (χ4v) is 2.28. The zero-order valence-corrected chi connectivity index (χ0v) is 12.2. The molecule has 1 unspecified atom stereocenters. The van der Waals surface area contributed by atoms with Crippen molar-refractivity contribution in [3.05, 3.63) is 63.9 Å². The van der Waals surface area contributed by atoms with E-state index in [9.17, 15) is 0 Å². The van der Waals surface area contributed by atoms with Crippen molar-refractivity contribution in [3.8, 4) is 0 Å². The van der Waals surface area contributed by atoms with E-state index in [4.69, 9.17) is 23.2 Å². The molecule has 0 saturated heterocycles. The molecule has 1 N–H and O–H groups in total. The number of rotatable bonds is 5. The van der Waals surface area contributed by atoms with Crippen LogP contribution in [0.5, 0.6) is 0 Å². The SMILES string of the molecule is CCC(NCc1cccnc1)c1ccc(Cl)c(Cl)c1. The number of hydrogen-bond donors (Lipinski definition) is 1. The summed E-state index contributed by atoms with van der Waals surface area (Å²) in [6, 6.07) is 10.0. The highest BCUT2D eigenvalue weighted by Crippen LogP contribution is 2.27. The maximum atomic E-state index is 6.06. The minimum Gasteiger partial charge on any atom is -0.306 e. The highest BCUT2D eigenvalue weighted by Gasteiger charge is 2.10. The van der Waals surface area contributed by atoms with Crippen molar-refractivity contribution in [3.63, 3.8) is 0 Å². The quantitative estimate of drug-likeness (QED) is 0.870. The molecule has 0 spiro atoms. The summed E-state index contributed by atoms with van der Waals surface area (Å²) in [5.41, 5.74) is 2.32. The van der Waals surface area contributed by atoms with E-state index in [2.05, 4.69) is 23.3 Å². The van der Waals surface area contributed by atoms with Crippen LogP contribution in [0.15, 0.2) is 42.7 Å². The molecule has 2 nitrogen and oxygen atoms in total. The molecule has 0 amide bonds. The van der Waals surface area contributed by atoms with Gasteiger partial charge in [-0.1, -0.05) is 42.3 Å². The third-order valence-electron chi connectivity index (χ3n) is 3.03. The first-order valence-corrected chi connectivity index (χ1v) is 7.03. The average molecular weight is 295 g/mol. The lowest BCUT2D eigenvalue weighted by molar-refractivity contribution is 0.518. The van der Waals surface area contributed by atoms with Crippen molar-refractivity contribution in [1.29, 1.82) is 0 Å². The summed E-state index contributed by atoms with van der Waals surface area (Å²) in [7, 11) is 0. The number of hydrogen-bond acceptors (Lipinski definition) is 2. The van der Waals surface area contributed by atoms with Crippen LogP contribution in [0.2, 0.25) is 10.0 Å². The zero-order chi connectivity index (χ0) is 13.7. The van der Waals surface area contributed by atoms with Gasteiger partial charge < -0.3 is 5.32 Å². The molecule has 1 aromatic carbocycles. The third-order valence-corrected chi connectivity index (χ3v) is 3.77. The number of halogens is 2. The molecule has 4 heteroatoms. The normalized spacial score (nSPS) is 12.4. The van der Waals surface area contributed by atoms with Crippen molar-refractivity contribution >= 4 is 23.2 Å². The van der Waals surface area contributed by atoms with Gasteiger partial charge in [-0.15, -0.1) is 0 Å². The highest BCUT2D eigenvalue weighted by molar-refractivity contribution is 6.42. The van der Waals surface area contributed by atoms with Gasteiger partial charge in [-0.25, -0.2) is 0 Å². The molecule has 100 valence electrons. The van der Waals surface area contributed by atoms with Gasteiger partial charge in [0, 0.05) is 25.0 Å². The predicted octanol–water partition coefficient (Wildman–Crippen LogP) is 4.63. The Balaban J connectivity index is 2.05. The van der Waals surface area contributed by atoms with E-state index < -0.39 is 0 Å².